The summed E-state index contributed by atoms with van der Waals surface area (Å²) in [5.74, 6) is -0.298. The molecule has 18 heavy (non-hydrogen) atoms. The number of hydrogen-bond donors (Lipinski definition) is 1. The Bertz CT molecular complexity index is 250. The minimum absolute atomic E-state index is 0.138. The molecule has 0 radical (unpaired) electrons. The molecule has 0 rings (SSSR count). The van der Waals surface area contributed by atoms with Crippen molar-refractivity contribution in [3.8, 4) is 0 Å². The first-order chi connectivity index (χ1) is 8.45. The van der Waals surface area contributed by atoms with E-state index in [-0.39, 0.29) is 18.3 Å². The summed E-state index contributed by atoms with van der Waals surface area (Å²) in [6.45, 7) is 6.54. The molecule has 0 aromatic carbocycles. The third-order valence-corrected chi connectivity index (χ3v) is 2.91. The summed E-state index contributed by atoms with van der Waals surface area (Å²) in [6, 6.07) is 0. The molecule has 0 heterocycles. The molecule has 0 aliphatic carbocycles. The summed E-state index contributed by atoms with van der Waals surface area (Å²) in [5, 5.41) is 8.51. The van der Waals surface area contributed by atoms with Gasteiger partial charge in [-0.05, 0) is 24.7 Å². The van der Waals surface area contributed by atoms with Gasteiger partial charge in [0.25, 0.3) is 0 Å². The van der Waals surface area contributed by atoms with Gasteiger partial charge in [0.2, 0.25) is 0 Å². The summed E-state index contributed by atoms with van der Waals surface area (Å²) in [6.07, 6.45) is 4.22. The van der Waals surface area contributed by atoms with Gasteiger partial charge in [0, 0.05) is 12.8 Å². The van der Waals surface area contributed by atoms with E-state index in [1.165, 1.54) is 0 Å². The fraction of sp³-hybridized carbons (Fsp3) is 0.857. The van der Waals surface area contributed by atoms with Crippen LogP contribution in [0.15, 0.2) is 0 Å². The lowest BCUT2D eigenvalue weighted by Crippen LogP contribution is -2.14. The van der Waals surface area contributed by atoms with Gasteiger partial charge < -0.3 is 9.84 Å². The first kappa shape index (κ1) is 16.9. The van der Waals surface area contributed by atoms with Crippen molar-refractivity contribution in [3.05, 3.63) is 0 Å². The second-order valence-electron chi connectivity index (χ2n) is 5.17. The molecule has 2 atom stereocenters. The Kier molecular flexibility index (Phi) is 9.33. The number of carboxylic acids is 1. The molecule has 106 valence electrons. The van der Waals surface area contributed by atoms with Crippen LogP contribution in [-0.4, -0.2) is 23.7 Å². The van der Waals surface area contributed by atoms with Crippen molar-refractivity contribution in [1.82, 2.24) is 0 Å². The third-order valence-electron chi connectivity index (χ3n) is 2.91. The highest BCUT2D eigenvalue weighted by atomic mass is 16.5. The maximum atomic E-state index is 11.5. The smallest absolute Gasteiger partial charge is 0.306 e. The lowest BCUT2D eigenvalue weighted by atomic mass is 10.0. The summed E-state index contributed by atoms with van der Waals surface area (Å²) < 4.78 is 5.19. The normalized spacial score (nSPS) is 13.9. The molecule has 0 aromatic rings. The van der Waals surface area contributed by atoms with E-state index in [0.717, 1.165) is 19.3 Å². The van der Waals surface area contributed by atoms with Crippen molar-refractivity contribution in [1.29, 1.82) is 0 Å². The second-order valence-corrected chi connectivity index (χ2v) is 5.17. The number of carbonyl (C=O) groups is 2. The highest BCUT2D eigenvalue weighted by Crippen LogP contribution is 2.12. The molecular weight excluding hydrogens is 232 g/mol. The highest BCUT2D eigenvalue weighted by Gasteiger charge is 2.11. The van der Waals surface area contributed by atoms with Gasteiger partial charge in [-0.15, -0.1) is 0 Å². The highest BCUT2D eigenvalue weighted by molar-refractivity contribution is 5.69. The number of esters is 1. The Morgan fingerprint density at radius 2 is 1.83 bits per heavy atom. The molecule has 0 aliphatic heterocycles. The molecule has 0 bridgehead atoms. The van der Waals surface area contributed by atoms with E-state index in [1.807, 2.05) is 6.92 Å². The summed E-state index contributed by atoms with van der Waals surface area (Å²) in [5.41, 5.74) is 0. The molecule has 0 aliphatic rings. The van der Waals surface area contributed by atoms with E-state index in [9.17, 15) is 9.59 Å². The largest absolute Gasteiger partial charge is 0.481 e. The standard InChI is InChI=1S/C14H26O4/c1-4-6-11(2)9-14(17)18-10-12(3)7-5-8-13(15)16/h11-12H,4-10H2,1-3H3,(H,15,16). The molecule has 0 fully saturated rings. The molecule has 0 saturated carbocycles. The number of ether oxygens (including phenoxy) is 1. The van der Waals surface area contributed by atoms with Crippen LogP contribution >= 0.6 is 0 Å². The van der Waals surface area contributed by atoms with Crippen LogP contribution in [0.4, 0.5) is 0 Å². The molecular formula is C14H26O4. The van der Waals surface area contributed by atoms with Crippen molar-refractivity contribution < 1.29 is 19.4 Å². The van der Waals surface area contributed by atoms with Crippen LogP contribution < -0.4 is 0 Å². The van der Waals surface area contributed by atoms with Crippen LogP contribution in [0.3, 0.4) is 0 Å². The second kappa shape index (κ2) is 9.92. The van der Waals surface area contributed by atoms with E-state index < -0.39 is 5.97 Å². The summed E-state index contributed by atoms with van der Waals surface area (Å²) in [7, 11) is 0. The maximum Gasteiger partial charge on any atom is 0.306 e. The molecule has 4 nitrogen and oxygen atoms in total. The Labute approximate surface area is 110 Å². The van der Waals surface area contributed by atoms with Gasteiger partial charge in [0.05, 0.1) is 6.61 Å². The van der Waals surface area contributed by atoms with Gasteiger partial charge >= 0.3 is 11.9 Å². The molecule has 1 N–H and O–H groups in total. The fourth-order valence-electron chi connectivity index (χ4n) is 1.86. The van der Waals surface area contributed by atoms with Crippen LogP contribution in [0.2, 0.25) is 0 Å². The van der Waals surface area contributed by atoms with Gasteiger partial charge in [-0.3, -0.25) is 9.59 Å². The van der Waals surface area contributed by atoms with E-state index in [4.69, 9.17) is 9.84 Å². The zero-order valence-corrected chi connectivity index (χ0v) is 11.8. The topological polar surface area (TPSA) is 63.6 Å². The van der Waals surface area contributed by atoms with Gasteiger partial charge in [-0.1, -0.05) is 33.6 Å². The molecule has 0 saturated heterocycles. The van der Waals surface area contributed by atoms with Gasteiger partial charge in [-0.2, -0.15) is 0 Å². The Morgan fingerprint density at radius 1 is 1.17 bits per heavy atom. The van der Waals surface area contributed by atoms with E-state index in [2.05, 4.69) is 13.8 Å². The number of aliphatic carboxylic acids is 1. The average Bonchev–Trinajstić information content (AvgIpc) is 2.26. The van der Waals surface area contributed by atoms with E-state index >= 15 is 0 Å². The Morgan fingerprint density at radius 3 is 2.39 bits per heavy atom. The number of carboxylic acid groups (broad SMARTS) is 1. The summed E-state index contributed by atoms with van der Waals surface area (Å²) >= 11 is 0. The maximum absolute atomic E-state index is 11.5. The van der Waals surface area contributed by atoms with E-state index in [0.29, 0.717) is 25.4 Å². The van der Waals surface area contributed by atoms with Crippen molar-refractivity contribution in [2.45, 2.75) is 59.3 Å². The molecule has 4 heteroatoms. The zero-order valence-electron chi connectivity index (χ0n) is 11.8. The Balaban J connectivity index is 3.61. The quantitative estimate of drug-likeness (QED) is 0.611. The SMILES string of the molecule is CCCC(C)CC(=O)OCC(C)CCCC(=O)O. The van der Waals surface area contributed by atoms with Crippen molar-refractivity contribution in [3.63, 3.8) is 0 Å². The molecule has 0 aromatic heterocycles. The monoisotopic (exact) mass is 258 g/mol. The average molecular weight is 258 g/mol. The van der Waals surface area contributed by atoms with Gasteiger partial charge in [0.15, 0.2) is 0 Å². The zero-order chi connectivity index (χ0) is 14.0. The molecule has 2 unspecified atom stereocenters. The number of hydrogen-bond acceptors (Lipinski definition) is 3. The Hall–Kier alpha value is -1.06. The molecule has 0 spiro atoms. The fourth-order valence-corrected chi connectivity index (χ4v) is 1.86. The summed E-state index contributed by atoms with van der Waals surface area (Å²) in [4.78, 5) is 21.8. The predicted molar refractivity (Wildman–Crippen MR) is 70.3 cm³/mol. The van der Waals surface area contributed by atoms with Crippen LogP contribution in [0.5, 0.6) is 0 Å². The van der Waals surface area contributed by atoms with Crippen molar-refractivity contribution >= 4 is 11.9 Å². The number of carbonyl (C=O) groups excluding carboxylic acids is 1. The molecule has 0 amide bonds. The first-order valence-corrected chi connectivity index (χ1v) is 6.83. The van der Waals surface area contributed by atoms with Crippen molar-refractivity contribution in [2.24, 2.45) is 11.8 Å². The minimum Gasteiger partial charge on any atom is -0.481 e. The van der Waals surface area contributed by atoms with Gasteiger partial charge in [0.1, 0.15) is 0 Å². The number of rotatable bonds is 10. The van der Waals surface area contributed by atoms with Crippen LogP contribution in [0.1, 0.15) is 59.3 Å². The first-order valence-electron chi connectivity index (χ1n) is 6.83. The minimum atomic E-state index is -0.771. The van der Waals surface area contributed by atoms with Crippen LogP contribution in [-0.2, 0) is 14.3 Å². The lowest BCUT2D eigenvalue weighted by Gasteiger charge is -2.13. The van der Waals surface area contributed by atoms with Crippen molar-refractivity contribution in [2.75, 3.05) is 6.61 Å². The lowest BCUT2D eigenvalue weighted by molar-refractivity contribution is -0.146. The van der Waals surface area contributed by atoms with E-state index in [1.54, 1.807) is 0 Å². The van der Waals surface area contributed by atoms with Gasteiger partial charge in [-0.25, -0.2) is 0 Å². The van der Waals surface area contributed by atoms with Crippen LogP contribution in [0.25, 0.3) is 0 Å². The predicted octanol–water partition coefficient (Wildman–Crippen LogP) is 3.25. The van der Waals surface area contributed by atoms with Crippen LogP contribution in [0, 0.1) is 11.8 Å². The third kappa shape index (κ3) is 10.1.